The number of rotatable bonds is 6. The molecule has 4 nitrogen and oxygen atoms in total. The lowest BCUT2D eigenvalue weighted by molar-refractivity contribution is 0.171. The van der Waals surface area contributed by atoms with Crippen molar-refractivity contribution >= 4 is 8.32 Å². The molecule has 1 aromatic rings. The third-order valence-electron chi connectivity index (χ3n) is 3.72. The molecule has 0 unspecified atom stereocenters. The summed E-state index contributed by atoms with van der Waals surface area (Å²) in [7, 11) is -1.71. The Morgan fingerprint density at radius 3 is 2.35 bits per heavy atom. The van der Waals surface area contributed by atoms with Gasteiger partial charge in [0.25, 0.3) is 0 Å². The van der Waals surface area contributed by atoms with Gasteiger partial charge in [0.2, 0.25) is 5.88 Å². The minimum Gasteiger partial charge on any atom is -0.474 e. The smallest absolute Gasteiger partial charge is 0.232 e. The second kappa shape index (κ2) is 6.31. The molecule has 0 saturated heterocycles. The zero-order valence-corrected chi connectivity index (χ0v) is 15.2. The number of hydrogen-bond acceptors (Lipinski definition) is 3. The maximum absolute atomic E-state index is 6.33. The van der Waals surface area contributed by atoms with Crippen LogP contribution in [0.15, 0.2) is 12.3 Å². The fourth-order valence-electron chi connectivity index (χ4n) is 1.73. The Morgan fingerprint density at radius 1 is 1.25 bits per heavy atom. The van der Waals surface area contributed by atoms with Crippen molar-refractivity contribution < 1.29 is 9.16 Å². The van der Waals surface area contributed by atoms with Crippen LogP contribution in [0.1, 0.15) is 41.5 Å². The zero-order chi connectivity index (χ0) is 15.6. The van der Waals surface area contributed by atoms with Crippen molar-refractivity contribution in [1.82, 2.24) is 9.78 Å². The first-order chi connectivity index (χ1) is 9.01. The number of hydrogen-bond donors (Lipinski definition) is 0. The first kappa shape index (κ1) is 17.2. The molecular formula is C15H30N2O2Si. The minimum atomic E-state index is -1.71. The van der Waals surface area contributed by atoms with Gasteiger partial charge in [-0.2, -0.15) is 0 Å². The van der Waals surface area contributed by atoms with Crippen LogP contribution in [-0.4, -0.2) is 30.3 Å². The van der Waals surface area contributed by atoms with Gasteiger partial charge in [0.1, 0.15) is 0 Å². The van der Waals surface area contributed by atoms with Gasteiger partial charge in [-0.25, -0.2) is 0 Å². The molecule has 0 bridgehead atoms. The summed E-state index contributed by atoms with van der Waals surface area (Å²) in [5.74, 6) is 0.680. The van der Waals surface area contributed by atoms with Crippen LogP contribution in [0.2, 0.25) is 18.1 Å². The Bertz CT molecular complexity index is 422. The van der Waals surface area contributed by atoms with Gasteiger partial charge in [-0.3, -0.25) is 4.68 Å². The Hall–Kier alpha value is -0.813. The summed E-state index contributed by atoms with van der Waals surface area (Å²) < 4.78 is 13.8. The normalized spacial score (nSPS) is 14.7. The number of nitrogens with zero attached hydrogens (tertiary/aromatic N) is 2. The topological polar surface area (TPSA) is 36.3 Å². The van der Waals surface area contributed by atoms with Crippen LogP contribution in [0.4, 0.5) is 0 Å². The van der Waals surface area contributed by atoms with Gasteiger partial charge in [0.15, 0.2) is 8.32 Å². The van der Waals surface area contributed by atoms with Crippen molar-refractivity contribution in [2.24, 2.45) is 0 Å². The van der Waals surface area contributed by atoms with E-state index in [0.717, 1.165) is 6.54 Å². The number of ether oxygens (including phenoxy) is 1. The van der Waals surface area contributed by atoms with Crippen molar-refractivity contribution in [2.75, 3.05) is 0 Å². The first-order valence-corrected chi connectivity index (χ1v) is 10.3. The lowest BCUT2D eigenvalue weighted by atomic mass is 10.2. The highest BCUT2D eigenvalue weighted by atomic mass is 28.4. The molecule has 0 fully saturated rings. The molecule has 116 valence electrons. The van der Waals surface area contributed by atoms with Crippen LogP contribution in [0.5, 0.6) is 5.88 Å². The van der Waals surface area contributed by atoms with Crippen molar-refractivity contribution in [2.45, 2.75) is 78.4 Å². The second-order valence-corrected chi connectivity index (χ2v) is 12.0. The summed E-state index contributed by atoms with van der Waals surface area (Å²) in [5, 5.41) is 4.65. The summed E-state index contributed by atoms with van der Waals surface area (Å²) >= 11 is 0. The summed E-state index contributed by atoms with van der Waals surface area (Å²) in [6.07, 6.45) is 2.25. The van der Waals surface area contributed by atoms with E-state index >= 15 is 0 Å². The van der Waals surface area contributed by atoms with E-state index in [1.807, 2.05) is 30.8 Å². The maximum Gasteiger partial charge on any atom is 0.232 e. The molecule has 1 rings (SSSR count). The van der Waals surface area contributed by atoms with E-state index in [1.54, 1.807) is 0 Å². The Morgan fingerprint density at radius 2 is 1.85 bits per heavy atom. The largest absolute Gasteiger partial charge is 0.474 e. The molecular weight excluding hydrogens is 268 g/mol. The highest BCUT2D eigenvalue weighted by molar-refractivity contribution is 6.74. The highest BCUT2D eigenvalue weighted by Gasteiger charge is 2.38. The monoisotopic (exact) mass is 298 g/mol. The van der Waals surface area contributed by atoms with Crippen LogP contribution in [0.3, 0.4) is 0 Å². The average Bonchev–Trinajstić information content (AvgIpc) is 2.61. The molecule has 20 heavy (non-hydrogen) atoms. The van der Waals surface area contributed by atoms with Gasteiger partial charge < -0.3 is 9.16 Å². The Balaban J connectivity index is 2.58. The highest BCUT2D eigenvalue weighted by Crippen LogP contribution is 2.37. The fourth-order valence-corrected chi connectivity index (χ4v) is 3.16. The van der Waals surface area contributed by atoms with Gasteiger partial charge in [-0.05, 0) is 38.9 Å². The summed E-state index contributed by atoms with van der Waals surface area (Å²) in [6, 6.07) is 1.90. The predicted molar refractivity (Wildman–Crippen MR) is 85.7 cm³/mol. The predicted octanol–water partition coefficient (Wildman–Crippen LogP) is 4.08. The molecule has 5 heteroatoms. The summed E-state index contributed by atoms with van der Waals surface area (Å²) in [5.41, 5.74) is 0. The van der Waals surface area contributed by atoms with Gasteiger partial charge in [0, 0.05) is 12.3 Å². The lowest BCUT2D eigenvalue weighted by Crippen LogP contribution is -2.44. The lowest BCUT2D eigenvalue weighted by Gasteiger charge is -2.38. The molecule has 0 aromatic carbocycles. The fraction of sp³-hybridized carbons (Fsp3) is 0.800. The Labute approximate surface area is 124 Å². The molecule has 0 spiro atoms. The van der Waals surface area contributed by atoms with E-state index < -0.39 is 8.32 Å². The van der Waals surface area contributed by atoms with Crippen molar-refractivity contribution in [3.8, 4) is 5.88 Å². The molecule has 0 aliphatic heterocycles. The van der Waals surface area contributed by atoms with Gasteiger partial charge in [-0.1, -0.05) is 20.8 Å². The van der Waals surface area contributed by atoms with E-state index in [9.17, 15) is 0 Å². The molecule has 0 radical (unpaired) electrons. The van der Waals surface area contributed by atoms with E-state index in [-0.39, 0.29) is 17.2 Å². The second-order valence-electron chi connectivity index (χ2n) is 7.23. The quantitative estimate of drug-likeness (QED) is 0.742. The van der Waals surface area contributed by atoms with Crippen LogP contribution in [0, 0.1) is 0 Å². The minimum absolute atomic E-state index is 0.152. The molecule has 1 heterocycles. The molecule has 0 N–H and O–H groups in total. The molecule has 1 aromatic heterocycles. The molecule has 0 saturated carbocycles. The van der Waals surface area contributed by atoms with Crippen molar-refractivity contribution in [3.05, 3.63) is 12.3 Å². The summed E-state index contributed by atoms with van der Waals surface area (Å²) in [6.45, 7) is 18.2. The van der Waals surface area contributed by atoms with E-state index in [2.05, 4.69) is 45.9 Å². The zero-order valence-electron chi connectivity index (χ0n) is 14.2. The standard InChI is InChI=1S/C15H30N2O2Si/c1-12(2)18-14-9-10-17(16-14)11-13(3)19-20(7,8)15(4,5)6/h9-10,12-13H,11H2,1-8H3/t13-/m0/s1. The van der Waals surface area contributed by atoms with Crippen LogP contribution in [-0.2, 0) is 11.0 Å². The van der Waals surface area contributed by atoms with E-state index in [0.29, 0.717) is 5.88 Å². The van der Waals surface area contributed by atoms with Gasteiger partial charge in [0.05, 0.1) is 18.8 Å². The molecule has 0 amide bonds. The van der Waals surface area contributed by atoms with Crippen molar-refractivity contribution in [1.29, 1.82) is 0 Å². The van der Waals surface area contributed by atoms with Crippen LogP contribution < -0.4 is 4.74 Å². The SMILES string of the molecule is CC(C)Oc1ccn(C[C@H](C)O[Si](C)(C)C(C)(C)C)n1. The van der Waals surface area contributed by atoms with Gasteiger partial charge >= 0.3 is 0 Å². The van der Waals surface area contributed by atoms with E-state index in [4.69, 9.17) is 9.16 Å². The van der Waals surface area contributed by atoms with E-state index in [1.165, 1.54) is 0 Å². The summed E-state index contributed by atoms with van der Waals surface area (Å²) in [4.78, 5) is 0. The Kier molecular flexibility index (Phi) is 5.44. The van der Waals surface area contributed by atoms with Gasteiger partial charge in [-0.15, -0.1) is 5.10 Å². The molecule has 1 atom stereocenters. The third kappa shape index (κ3) is 4.94. The molecule has 0 aliphatic carbocycles. The first-order valence-electron chi connectivity index (χ1n) is 7.39. The number of aromatic nitrogens is 2. The maximum atomic E-state index is 6.33. The average molecular weight is 299 g/mol. The third-order valence-corrected chi connectivity index (χ3v) is 8.32. The van der Waals surface area contributed by atoms with Crippen molar-refractivity contribution in [3.63, 3.8) is 0 Å². The molecule has 0 aliphatic rings. The van der Waals surface area contributed by atoms with Crippen LogP contribution >= 0.6 is 0 Å². The van der Waals surface area contributed by atoms with Crippen LogP contribution in [0.25, 0.3) is 0 Å².